The summed E-state index contributed by atoms with van der Waals surface area (Å²) >= 11 is 7.14. The molecule has 2 aliphatic rings. The molecule has 2 aliphatic heterocycles. The van der Waals surface area contributed by atoms with Crippen LogP contribution in [-0.4, -0.2) is 31.5 Å². The Balaban J connectivity index is 1.73. The second-order valence-electron chi connectivity index (χ2n) is 5.74. The van der Waals surface area contributed by atoms with Gasteiger partial charge >= 0.3 is 0 Å². The first kappa shape index (κ1) is 15.8. The number of hydrogen-bond acceptors (Lipinski definition) is 3. The molecule has 0 bridgehead atoms. The van der Waals surface area contributed by atoms with Gasteiger partial charge in [0, 0.05) is 36.9 Å². The third-order valence-corrected chi connectivity index (χ3v) is 5.56. The molecule has 2 fully saturated rings. The fourth-order valence-electron chi connectivity index (χ4n) is 3.13. The lowest BCUT2D eigenvalue weighted by Crippen LogP contribution is -2.47. The van der Waals surface area contributed by atoms with Crippen molar-refractivity contribution in [3.05, 3.63) is 28.2 Å². The van der Waals surface area contributed by atoms with E-state index in [4.69, 9.17) is 14.2 Å². The van der Waals surface area contributed by atoms with Crippen LogP contribution >= 0.6 is 31.9 Å². The SMILES string of the molecule is BrCc1cccc(Br)c1OC1CCOC2(CCOCC2)C1. The van der Waals surface area contributed by atoms with E-state index in [1.807, 2.05) is 12.1 Å². The normalized spacial score (nSPS) is 25.0. The molecule has 0 radical (unpaired) electrons. The Hall–Kier alpha value is -0.100. The summed E-state index contributed by atoms with van der Waals surface area (Å²) in [6, 6.07) is 6.17. The zero-order valence-electron chi connectivity index (χ0n) is 11.9. The first-order valence-corrected chi connectivity index (χ1v) is 9.36. The third-order valence-electron chi connectivity index (χ3n) is 4.33. The summed E-state index contributed by atoms with van der Waals surface area (Å²) in [6.45, 7) is 2.38. The lowest BCUT2D eigenvalue weighted by molar-refractivity contribution is -0.155. The van der Waals surface area contributed by atoms with E-state index in [0.717, 1.165) is 61.1 Å². The van der Waals surface area contributed by atoms with Crippen LogP contribution in [0.5, 0.6) is 5.75 Å². The van der Waals surface area contributed by atoms with E-state index in [9.17, 15) is 0 Å². The largest absolute Gasteiger partial charge is 0.489 e. The van der Waals surface area contributed by atoms with Crippen LogP contribution in [0.4, 0.5) is 0 Å². The van der Waals surface area contributed by atoms with Gasteiger partial charge in [0.25, 0.3) is 0 Å². The minimum atomic E-state index is -0.0308. The first-order valence-electron chi connectivity index (χ1n) is 7.44. The number of alkyl halides is 1. The monoisotopic (exact) mass is 418 g/mol. The summed E-state index contributed by atoms with van der Waals surface area (Å²) in [5.41, 5.74) is 1.15. The summed E-state index contributed by atoms with van der Waals surface area (Å²) in [4.78, 5) is 0. The Bertz CT molecular complexity index is 481. The summed E-state index contributed by atoms with van der Waals surface area (Å²) in [5, 5.41) is 0.796. The highest BCUT2D eigenvalue weighted by Gasteiger charge is 2.40. The summed E-state index contributed by atoms with van der Waals surface area (Å²) < 4.78 is 18.9. The average Bonchev–Trinajstić information content (AvgIpc) is 2.50. The third kappa shape index (κ3) is 3.63. The van der Waals surface area contributed by atoms with Gasteiger partial charge in [-0.05, 0) is 34.8 Å². The van der Waals surface area contributed by atoms with Crippen molar-refractivity contribution in [3.8, 4) is 5.75 Å². The fraction of sp³-hybridized carbons (Fsp3) is 0.625. The van der Waals surface area contributed by atoms with Crippen molar-refractivity contribution in [2.75, 3.05) is 19.8 Å². The van der Waals surface area contributed by atoms with Gasteiger partial charge in [0.1, 0.15) is 11.9 Å². The van der Waals surface area contributed by atoms with E-state index in [1.54, 1.807) is 0 Å². The van der Waals surface area contributed by atoms with E-state index in [1.165, 1.54) is 5.56 Å². The van der Waals surface area contributed by atoms with Crippen molar-refractivity contribution in [2.45, 2.75) is 42.7 Å². The van der Waals surface area contributed by atoms with Crippen molar-refractivity contribution in [1.29, 1.82) is 0 Å². The molecule has 1 spiro atoms. The lowest BCUT2D eigenvalue weighted by Gasteiger charge is -2.43. The van der Waals surface area contributed by atoms with Crippen LogP contribution in [0.15, 0.2) is 22.7 Å². The number of para-hydroxylation sites is 1. The highest BCUT2D eigenvalue weighted by molar-refractivity contribution is 9.10. The highest BCUT2D eigenvalue weighted by atomic mass is 79.9. The molecule has 0 N–H and O–H groups in total. The van der Waals surface area contributed by atoms with Gasteiger partial charge in [0.2, 0.25) is 0 Å². The Morgan fingerprint density at radius 1 is 1.24 bits per heavy atom. The van der Waals surface area contributed by atoms with Gasteiger partial charge in [0.05, 0.1) is 16.7 Å². The molecule has 5 heteroatoms. The molecule has 1 aromatic carbocycles. The molecule has 2 heterocycles. The van der Waals surface area contributed by atoms with E-state index >= 15 is 0 Å². The molecule has 3 rings (SSSR count). The van der Waals surface area contributed by atoms with Crippen LogP contribution < -0.4 is 4.74 Å². The number of halogens is 2. The first-order chi connectivity index (χ1) is 10.2. The van der Waals surface area contributed by atoms with Gasteiger partial charge in [-0.1, -0.05) is 28.1 Å². The number of hydrogen-bond donors (Lipinski definition) is 0. The van der Waals surface area contributed by atoms with Crippen molar-refractivity contribution in [3.63, 3.8) is 0 Å². The Morgan fingerprint density at radius 3 is 2.81 bits per heavy atom. The predicted molar refractivity (Wildman–Crippen MR) is 89.2 cm³/mol. The van der Waals surface area contributed by atoms with Crippen LogP contribution in [0.25, 0.3) is 0 Å². The molecule has 3 nitrogen and oxygen atoms in total. The Kier molecular flexibility index (Phi) is 5.25. The molecule has 0 amide bonds. The maximum Gasteiger partial charge on any atom is 0.137 e. The highest BCUT2D eigenvalue weighted by Crippen LogP contribution is 2.38. The van der Waals surface area contributed by atoms with Gasteiger partial charge in [-0.25, -0.2) is 0 Å². The second-order valence-corrected chi connectivity index (χ2v) is 7.15. The molecule has 1 atom stereocenters. The molecule has 2 saturated heterocycles. The van der Waals surface area contributed by atoms with Crippen LogP contribution in [0.1, 0.15) is 31.2 Å². The molecule has 0 aliphatic carbocycles. The number of rotatable bonds is 3. The maximum absolute atomic E-state index is 6.34. The summed E-state index contributed by atoms with van der Waals surface area (Å²) in [7, 11) is 0. The van der Waals surface area contributed by atoms with Crippen LogP contribution in [0.2, 0.25) is 0 Å². The van der Waals surface area contributed by atoms with Gasteiger partial charge < -0.3 is 14.2 Å². The molecule has 21 heavy (non-hydrogen) atoms. The van der Waals surface area contributed by atoms with Gasteiger partial charge in [-0.2, -0.15) is 0 Å². The van der Waals surface area contributed by atoms with Gasteiger partial charge in [0.15, 0.2) is 0 Å². The van der Waals surface area contributed by atoms with Crippen LogP contribution in [0, 0.1) is 0 Å². The molecule has 116 valence electrons. The summed E-state index contributed by atoms with van der Waals surface area (Å²) in [6.07, 6.45) is 4.08. The minimum Gasteiger partial charge on any atom is -0.489 e. The molecular formula is C16H20Br2O3. The molecular weight excluding hydrogens is 400 g/mol. The predicted octanol–water partition coefficient (Wildman–Crippen LogP) is 4.45. The van der Waals surface area contributed by atoms with Gasteiger partial charge in [-0.3, -0.25) is 0 Å². The standard InChI is InChI=1S/C16H20Br2O3/c17-11-12-2-1-3-14(18)15(12)21-13-4-7-20-16(10-13)5-8-19-9-6-16/h1-3,13H,4-11H2. The average molecular weight is 420 g/mol. The zero-order chi connectivity index (χ0) is 14.7. The van der Waals surface area contributed by atoms with Crippen LogP contribution in [-0.2, 0) is 14.8 Å². The summed E-state index contributed by atoms with van der Waals surface area (Å²) in [5.74, 6) is 0.962. The maximum atomic E-state index is 6.34. The van der Waals surface area contributed by atoms with E-state index in [-0.39, 0.29) is 11.7 Å². The minimum absolute atomic E-state index is 0.0308. The second kappa shape index (κ2) is 6.99. The van der Waals surface area contributed by atoms with Crippen molar-refractivity contribution in [2.24, 2.45) is 0 Å². The van der Waals surface area contributed by atoms with Crippen molar-refractivity contribution in [1.82, 2.24) is 0 Å². The van der Waals surface area contributed by atoms with Crippen molar-refractivity contribution >= 4 is 31.9 Å². The van der Waals surface area contributed by atoms with E-state index in [2.05, 4.69) is 37.9 Å². The van der Waals surface area contributed by atoms with E-state index < -0.39 is 0 Å². The number of benzene rings is 1. The van der Waals surface area contributed by atoms with Crippen LogP contribution in [0.3, 0.4) is 0 Å². The van der Waals surface area contributed by atoms with E-state index in [0.29, 0.717) is 0 Å². The number of ether oxygens (including phenoxy) is 3. The lowest BCUT2D eigenvalue weighted by atomic mass is 9.85. The molecule has 1 aromatic rings. The smallest absolute Gasteiger partial charge is 0.137 e. The molecule has 0 saturated carbocycles. The topological polar surface area (TPSA) is 27.7 Å². The molecule has 0 aromatic heterocycles. The Morgan fingerprint density at radius 2 is 2.05 bits per heavy atom. The van der Waals surface area contributed by atoms with Gasteiger partial charge in [-0.15, -0.1) is 0 Å². The quantitative estimate of drug-likeness (QED) is 0.677. The fourth-order valence-corrected chi connectivity index (χ4v) is 4.07. The zero-order valence-corrected chi connectivity index (χ0v) is 15.1. The Labute approximate surface area is 142 Å². The molecule has 1 unspecified atom stereocenters. The van der Waals surface area contributed by atoms with Crippen molar-refractivity contribution < 1.29 is 14.2 Å².